The quantitative estimate of drug-likeness (QED) is 0.177. The number of furan rings is 1. The summed E-state index contributed by atoms with van der Waals surface area (Å²) in [4.78, 5) is 15.1. The van der Waals surface area contributed by atoms with E-state index in [2.05, 4.69) is 130 Å². The second kappa shape index (κ2) is 12.3. The van der Waals surface area contributed by atoms with Crippen molar-refractivity contribution in [1.29, 1.82) is 0 Å². The summed E-state index contributed by atoms with van der Waals surface area (Å²) in [5, 5.41) is 6.81. The molecule has 0 radical (unpaired) electrons. The summed E-state index contributed by atoms with van der Waals surface area (Å²) in [6.45, 7) is 0. The Hall–Kier alpha value is -7.83. The Morgan fingerprint density at radius 1 is 0.333 bits per heavy atom. The number of para-hydroxylation sites is 3. The molecule has 0 spiro atoms. The van der Waals surface area contributed by atoms with Crippen LogP contribution < -0.4 is 0 Å². The van der Waals surface area contributed by atoms with Crippen LogP contribution in [0.2, 0.25) is 0 Å². The minimum atomic E-state index is 0.608. The lowest BCUT2D eigenvalue weighted by Gasteiger charge is -2.12. The van der Waals surface area contributed by atoms with E-state index in [4.69, 9.17) is 19.4 Å². The third-order valence-electron chi connectivity index (χ3n) is 11.1. The molecule has 0 saturated carbocycles. The molecule has 0 fully saturated rings. The van der Waals surface area contributed by atoms with Gasteiger partial charge in [0.05, 0.1) is 27.5 Å². The number of benzene rings is 8. The monoisotopic (exact) mass is 729 g/mol. The van der Waals surface area contributed by atoms with Gasteiger partial charge in [-0.15, -0.1) is 0 Å². The Bertz CT molecular complexity index is 3450. The molecule has 57 heavy (non-hydrogen) atoms. The van der Waals surface area contributed by atoms with Crippen LogP contribution >= 0.6 is 0 Å². The van der Waals surface area contributed by atoms with Crippen LogP contribution in [0.15, 0.2) is 192 Å². The molecule has 6 nitrogen and oxygen atoms in total. The molecule has 6 heteroatoms. The van der Waals surface area contributed by atoms with E-state index in [1.165, 1.54) is 10.8 Å². The first kappa shape index (κ1) is 31.5. The fourth-order valence-corrected chi connectivity index (χ4v) is 8.60. The topological polar surface area (TPSA) is 61.7 Å². The molecule has 0 aliphatic heterocycles. The van der Waals surface area contributed by atoms with Crippen molar-refractivity contribution in [2.45, 2.75) is 0 Å². The van der Waals surface area contributed by atoms with Gasteiger partial charge in [-0.3, -0.25) is 0 Å². The van der Waals surface area contributed by atoms with Crippen LogP contribution in [0.4, 0.5) is 0 Å². The minimum Gasteiger partial charge on any atom is -0.455 e. The number of rotatable bonds is 5. The third kappa shape index (κ3) is 4.87. The van der Waals surface area contributed by atoms with Gasteiger partial charge in [0.25, 0.3) is 0 Å². The first-order valence-electron chi connectivity index (χ1n) is 19.1. The van der Waals surface area contributed by atoms with Crippen molar-refractivity contribution < 1.29 is 4.42 Å². The van der Waals surface area contributed by atoms with Crippen molar-refractivity contribution in [3.05, 3.63) is 188 Å². The Morgan fingerprint density at radius 3 is 1.63 bits per heavy atom. The van der Waals surface area contributed by atoms with Gasteiger partial charge in [0.1, 0.15) is 11.2 Å². The summed E-state index contributed by atoms with van der Waals surface area (Å²) in [6, 6.07) is 65.5. The highest BCUT2D eigenvalue weighted by Crippen LogP contribution is 2.44. The molecule has 0 saturated heterocycles. The fraction of sp³-hybridized carbons (Fsp3) is 0. The number of fused-ring (bicyclic) bond motifs is 10. The maximum Gasteiger partial charge on any atom is 0.164 e. The molecule has 8 aromatic carbocycles. The van der Waals surface area contributed by atoms with Crippen LogP contribution in [-0.2, 0) is 0 Å². The second-order valence-corrected chi connectivity index (χ2v) is 14.4. The Kier molecular flexibility index (Phi) is 6.83. The molecule has 0 bridgehead atoms. The van der Waals surface area contributed by atoms with Crippen LogP contribution in [0.1, 0.15) is 0 Å². The van der Waals surface area contributed by atoms with Crippen LogP contribution in [0.25, 0.3) is 111 Å². The van der Waals surface area contributed by atoms with Crippen LogP contribution in [0, 0.1) is 0 Å². The number of hydrogen-bond acceptors (Lipinski definition) is 4. The number of aromatic nitrogens is 5. The lowest BCUT2D eigenvalue weighted by molar-refractivity contribution is 0.673. The van der Waals surface area contributed by atoms with E-state index < -0.39 is 0 Å². The molecule has 266 valence electrons. The predicted molar refractivity (Wildman–Crippen MR) is 232 cm³/mol. The van der Waals surface area contributed by atoms with Crippen molar-refractivity contribution in [2.24, 2.45) is 0 Å². The summed E-state index contributed by atoms with van der Waals surface area (Å²) in [5.41, 5.74) is 11.1. The van der Waals surface area contributed by atoms with Crippen LogP contribution in [0.3, 0.4) is 0 Å². The summed E-state index contributed by atoms with van der Waals surface area (Å²) >= 11 is 0. The Morgan fingerprint density at radius 2 is 0.895 bits per heavy atom. The fourth-order valence-electron chi connectivity index (χ4n) is 8.60. The maximum atomic E-state index is 6.76. The number of nitrogens with zero attached hydrogens (tertiary/aromatic N) is 5. The average Bonchev–Trinajstić information content (AvgIpc) is 3.93. The van der Waals surface area contributed by atoms with E-state index in [1.54, 1.807) is 0 Å². The van der Waals surface area contributed by atoms with E-state index >= 15 is 0 Å². The largest absolute Gasteiger partial charge is 0.455 e. The normalized spacial score (nSPS) is 11.9. The van der Waals surface area contributed by atoms with Crippen molar-refractivity contribution in [3.8, 4) is 45.5 Å². The lowest BCUT2D eigenvalue weighted by atomic mass is 10.1. The lowest BCUT2D eigenvalue weighted by Crippen LogP contribution is -2.01. The van der Waals surface area contributed by atoms with Crippen LogP contribution in [-0.4, -0.2) is 24.1 Å². The van der Waals surface area contributed by atoms with E-state index in [9.17, 15) is 0 Å². The first-order valence-corrected chi connectivity index (χ1v) is 19.1. The van der Waals surface area contributed by atoms with Gasteiger partial charge in [-0.2, -0.15) is 0 Å². The first-order chi connectivity index (χ1) is 28.3. The SMILES string of the molecule is c1ccc(-c2nc(-c3ccccc3)nc(-c3cccc(-n4c5cc6c(cc5c5c7oc8ccccc8c7ccc54)c4ccccc4n6-c4ccccc4)c3)n2)cc1. The smallest absolute Gasteiger partial charge is 0.164 e. The highest BCUT2D eigenvalue weighted by atomic mass is 16.3. The molecular weight excluding hydrogens is 699 g/mol. The summed E-state index contributed by atoms with van der Waals surface area (Å²) in [5.74, 6) is 1.87. The number of hydrogen-bond donors (Lipinski definition) is 0. The molecule has 0 unspecified atom stereocenters. The van der Waals surface area contributed by atoms with Gasteiger partial charge in [-0.25, -0.2) is 15.0 Å². The van der Waals surface area contributed by atoms with Gasteiger partial charge in [-0.05, 0) is 60.7 Å². The zero-order chi connectivity index (χ0) is 37.5. The highest BCUT2D eigenvalue weighted by molar-refractivity contribution is 6.26. The molecule has 0 aliphatic carbocycles. The van der Waals surface area contributed by atoms with E-state index in [-0.39, 0.29) is 0 Å². The third-order valence-corrected chi connectivity index (χ3v) is 11.1. The van der Waals surface area contributed by atoms with Gasteiger partial charge < -0.3 is 13.6 Å². The molecule has 0 N–H and O–H groups in total. The minimum absolute atomic E-state index is 0.608. The van der Waals surface area contributed by atoms with E-state index in [0.29, 0.717) is 17.5 Å². The predicted octanol–water partition coefficient (Wildman–Crippen LogP) is 13.0. The molecule has 0 atom stereocenters. The summed E-state index contributed by atoms with van der Waals surface area (Å²) in [7, 11) is 0. The average molecular weight is 730 g/mol. The Balaban J connectivity index is 1.16. The van der Waals surface area contributed by atoms with Crippen molar-refractivity contribution >= 4 is 65.6 Å². The highest BCUT2D eigenvalue weighted by Gasteiger charge is 2.22. The maximum absolute atomic E-state index is 6.76. The van der Waals surface area contributed by atoms with Gasteiger partial charge >= 0.3 is 0 Å². The van der Waals surface area contributed by atoms with Crippen LogP contribution in [0.5, 0.6) is 0 Å². The zero-order valence-electron chi connectivity index (χ0n) is 30.5. The summed E-state index contributed by atoms with van der Waals surface area (Å²) in [6.07, 6.45) is 0. The second-order valence-electron chi connectivity index (χ2n) is 14.4. The van der Waals surface area contributed by atoms with Gasteiger partial charge in [0, 0.05) is 55.0 Å². The standard InChI is InChI=1S/C51H31N5O/c1-4-15-32(16-5-1)49-52-50(33-17-6-2-7-18-33)54-51(53-49)34-19-14-22-36(29-34)56-43-28-27-39-38-24-11-13-26-46(38)57-48(39)47(43)41-30-40-37-23-10-12-25-42(37)55(44(40)31-45(41)56)35-20-8-3-9-21-35/h1-31H. The molecule has 0 amide bonds. The molecule has 12 aromatic rings. The van der Waals surface area contributed by atoms with Crippen molar-refractivity contribution in [2.75, 3.05) is 0 Å². The van der Waals surface area contributed by atoms with E-state index in [0.717, 1.165) is 82.8 Å². The van der Waals surface area contributed by atoms with Crippen molar-refractivity contribution in [3.63, 3.8) is 0 Å². The van der Waals surface area contributed by atoms with Gasteiger partial charge in [0.2, 0.25) is 0 Å². The summed E-state index contributed by atoms with van der Waals surface area (Å²) < 4.78 is 11.5. The Labute approximate surface area is 326 Å². The molecular formula is C51H31N5O. The molecule has 4 heterocycles. The molecule has 4 aromatic heterocycles. The van der Waals surface area contributed by atoms with Gasteiger partial charge in [0.15, 0.2) is 17.5 Å². The molecule has 0 aliphatic rings. The zero-order valence-corrected chi connectivity index (χ0v) is 30.5. The molecule has 12 rings (SSSR count). The van der Waals surface area contributed by atoms with Crippen molar-refractivity contribution in [1.82, 2.24) is 24.1 Å². The van der Waals surface area contributed by atoms with E-state index in [1.807, 2.05) is 66.7 Å². The van der Waals surface area contributed by atoms with Gasteiger partial charge in [-0.1, -0.05) is 127 Å².